The molecule has 3 heterocycles. The van der Waals surface area contributed by atoms with Gasteiger partial charge in [-0.1, -0.05) is 35.3 Å². The lowest BCUT2D eigenvalue weighted by Gasteiger charge is -2.15. The zero-order valence-corrected chi connectivity index (χ0v) is 22.3. The largest absolute Gasteiger partial charge is 0.333 e. The first-order valence-corrected chi connectivity index (χ1v) is 13.7. The van der Waals surface area contributed by atoms with Crippen molar-refractivity contribution < 1.29 is 17.2 Å². The lowest BCUT2D eigenvalue weighted by molar-refractivity contribution is 0.588. The molecule has 0 aliphatic rings. The second-order valence-corrected chi connectivity index (χ2v) is 10.9. The standard InChI is InChI=1S/C26H15Cl2F2N7O2S/c27-14-5-9-21(15(28)11-14)40(38,39)36-18-7-6-16(29)24(23(18)30)35-26-25-19(31-12-32-26)8-10-22(34-25)37-13-33-17-3-1-2-4-20(17)37/h1-13,36H,(H,31,32,35). The van der Waals surface area contributed by atoms with Crippen LogP contribution in [0.3, 0.4) is 0 Å². The Hall–Kier alpha value is -4.39. The molecule has 0 atom stereocenters. The topological polar surface area (TPSA) is 115 Å². The summed E-state index contributed by atoms with van der Waals surface area (Å²) in [6.07, 6.45) is 2.82. The molecule has 2 N–H and O–H groups in total. The second kappa shape index (κ2) is 9.97. The molecule has 0 spiro atoms. The molecule has 6 rings (SSSR count). The highest BCUT2D eigenvalue weighted by atomic mass is 35.5. The molecule has 6 aromatic rings. The monoisotopic (exact) mass is 597 g/mol. The van der Waals surface area contributed by atoms with Crippen molar-refractivity contribution in [1.82, 2.24) is 24.5 Å². The number of sulfonamides is 1. The van der Waals surface area contributed by atoms with Gasteiger partial charge in [-0.3, -0.25) is 9.29 Å². The molecule has 0 radical (unpaired) electrons. The fraction of sp³-hybridized carbons (Fsp3) is 0. The van der Waals surface area contributed by atoms with E-state index in [4.69, 9.17) is 23.2 Å². The van der Waals surface area contributed by atoms with E-state index in [-0.39, 0.29) is 26.3 Å². The zero-order chi connectivity index (χ0) is 28.0. The van der Waals surface area contributed by atoms with Crippen LogP contribution in [0.25, 0.3) is 27.9 Å². The maximum Gasteiger partial charge on any atom is 0.263 e. The third-order valence-electron chi connectivity index (χ3n) is 5.93. The molecule has 14 heteroatoms. The van der Waals surface area contributed by atoms with Crippen LogP contribution in [-0.2, 0) is 10.0 Å². The lowest BCUT2D eigenvalue weighted by Crippen LogP contribution is -2.15. The van der Waals surface area contributed by atoms with Crippen LogP contribution in [0.5, 0.6) is 0 Å². The van der Waals surface area contributed by atoms with Crippen molar-refractivity contribution in [3.63, 3.8) is 0 Å². The quantitative estimate of drug-likeness (QED) is 0.225. The second-order valence-electron chi connectivity index (χ2n) is 8.45. The summed E-state index contributed by atoms with van der Waals surface area (Å²) in [7, 11) is -4.35. The van der Waals surface area contributed by atoms with Crippen molar-refractivity contribution in [3.05, 3.63) is 101 Å². The first-order valence-electron chi connectivity index (χ1n) is 11.5. The number of nitrogens with one attached hydrogen (secondary N) is 2. The molecule has 0 aliphatic heterocycles. The lowest BCUT2D eigenvalue weighted by atomic mass is 10.2. The zero-order valence-electron chi connectivity index (χ0n) is 20.0. The minimum Gasteiger partial charge on any atom is -0.333 e. The number of fused-ring (bicyclic) bond motifs is 2. The molecule has 200 valence electrons. The Balaban J connectivity index is 1.39. The summed E-state index contributed by atoms with van der Waals surface area (Å²) in [4.78, 5) is 17.0. The number of aromatic nitrogens is 5. The normalized spacial score (nSPS) is 11.7. The molecule has 0 fully saturated rings. The van der Waals surface area contributed by atoms with Gasteiger partial charge in [0.05, 0.1) is 27.3 Å². The van der Waals surface area contributed by atoms with Gasteiger partial charge >= 0.3 is 0 Å². The Morgan fingerprint density at radius 1 is 0.875 bits per heavy atom. The third-order valence-corrected chi connectivity index (χ3v) is 8.01. The molecule has 0 aliphatic carbocycles. The maximum absolute atomic E-state index is 15.5. The van der Waals surface area contributed by atoms with E-state index in [0.717, 1.165) is 23.2 Å². The number of para-hydroxylation sites is 2. The first kappa shape index (κ1) is 25.9. The first-order chi connectivity index (χ1) is 19.2. The number of rotatable bonds is 6. The van der Waals surface area contributed by atoms with Gasteiger partial charge in [-0.15, -0.1) is 0 Å². The summed E-state index contributed by atoms with van der Waals surface area (Å²) < 4.78 is 60.1. The van der Waals surface area contributed by atoms with E-state index in [0.29, 0.717) is 11.3 Å². The molecule has 3 aromatic carbocycles. The van der Waals surface area contributed by atoms with Gasteiger partial charge in [0, 0.05) is 5.02 Å². The van der Waals surface area contributed by atoms with Gasteiger partial charge in [-0.25, -0.2) is 37.1 Å². The minimum atomic E-state index is -4.35. The Kier molecular flexibility index (Phi) is 6.45. The van der Waals surface area contributed by atoms with Gasteiger partial charge in [0.15, 0.2) is 11.6 Å². The third kappa shape index (κ3) is 4.66. The van der Waals surface area contributed by atoms with E-state index in [2.05, 4.69) is 30.0 Å². The summed E-state index contributed by atoms with van der Waals surface area (Å²) in [5.74, 6) is -1.73. The van der Waals surface area contributed by atoms with Crippen molar-refractivity contribution in [1.29, 1.82) is 0 Å². The number of benzene rings is 3. The van der Waals surface area contributed by atoms with Crippen LogP contribution in [0.15, 0.2) is 84.3 Å². The van der Waals surface area contributed by atoms with Crippen LogP contribution in [-0.4, -0.2) is 32.9 Å². The Morgan fingerprint density at radius 2 is 1.70 bits per heavy atom. The van der Waals surface area contributed by atoms with Gasteiger partial charge in [0.1, 0.15) is 40.4 Å². The number of hydrogen-bond donors (Lipinski definition) is 2. The highest BCUT2D eigenvalue weighted by Gasteiger charge is 2.23. The number of nitrogens with zero attached hydrogens (tertiary/aromatic N) is 5. The predicted molar refractivity (Wildman–Crippen MR) is 149 cm³/mol. The number of imidazole rings is 1. The van der Waals surface area contributed by atoms with Crippen LogP contribution in [0.1, 0.15) is 0 Å². The molecule has 3 aromatic heterocycles. The summed E-state index contributed by atoms with van der Waals surface area (Å²) in [5, 5.41) is 2.67. The highest BCUT2D eigenvalue weighted by molar-refractivity contribution is 7.92. The van der Waals surface area contributed by atoms with Crippen LogP contribution in [0, 0.1) is 11.6 Å². The van der Waals surface area contributed by atoms with Gasteiger partial charge in [0.2, 0.25) is 0 Å². The van der Waals surface area contributed by atoms with Gasteiger partial charge in [0.25, 0.3) is 10.0 Å². The molecule has 9 nitrogen and oxygen atoms in total. The van der Waals surface area contributed by atoms with Gasteiger partial charge in [-0.05, 0) is 54.6 Å². The summed E-state index contributed by atoms with van der Waals surface area (Å²) in [5.41, 5.74) is 1.01. The maximum atomic E-state index is 15.5. The molecule has 0 saturated carbocycles. The van der Waals surface area contributed by atoms with Crippen molar-refractivity contribution in [2.24, 2.45) is 0 Å². The number of halogens is 4. The SMILES string of the molecule is O=S(=O)(Nc1ccc(F)c(Nc2ncnc3ccc(-n4cnc5ccccc54)nc23)c1F)c1ccc(Cl)cc1Cl. The molecule has 40 heavy (non-hydrogen) atoms. The van der Waals surface area contributed by atoms with Crippen LogP contribution >= 0.6 is 23.2 Å². The Morgan fingerprint density at radius 3 is 2.52 bits per heavy atom. The minimum absolute atomic E-state index is 0.00479. The number of hydrogen-bond acceptors (Lipinski definition) is 7. The smallest absolute Gasteiger partial charge is 0.263 e. The average molecular weight is 598 g/mol. The summed E-state index contributed by atoms with van der Waals surface area (Å²) >= 11 is 11.9. The number of anilines is 3. The summed E-state index contributed by atoms with van der Waals surface area (Å²) in [6.45, 7) is 0. The molecular weight excluding hydrogens is 583 g/mol. The van der Waals surface area contributed by atoms with Gasteiger partial charge < -0.3 is 5.32 Å². The molecular formula is C26H15Cl2F2N7O2S. The van der Waals surface area contributed by atoms with Crippen molar-refractivity contribution >= 4 is 72.5 Å². The molecule has 0 amide bonds. The van der Waals surface area contributed by atoms with E-state index in [1.54, 1.807) is 23.0 Å². The van der Waals surface area contributed by atoms with E-state index < -0.39 is 33.0 Å². The van der Waals surface area contributed by atoms with E-state index in [1.807, 2.05) is 24.3 Å². The van der Waals surface area contributed by atoms with Crippen molar-refractivity contribution in [2.75, 3.05) is 10.0 Å². The predicted octanol–water partition coefficient (Wildman–Crippen LogP) is 6.49. The van der Waals surface area contributed by atoms with Crippen LogP contribution in [0.4, 0.5) is 26.0 Å². The number of pyridine rings is 1. The van der Waals surface area contributed by atoms with E-state index in [1.165, 1.54) is 24.5 Å². The highest BCUT2D eigenvalue weighted by Crippen LogP contribution is 2.33. The van der Waals surface area contributed by atoms with E-state index >= 15 is 4.39 Å². The fourth-order valence-corrected chi connectivity index (χ4v) is 5.89. The van der Waals surface area contributed by atoms with Gasteiger partial charge in [-0.2, -0.15) is 0 Å². The van der Waals surface area contributed by atoms with E-state index in [9.17, 15) is 12.8 Å². The Labute approximate surface area is 235 Å². The van der Waals surface area contributed by atoms with Crippen molar-refractivity contribution in [2.45, 2.75) is 4.90 Å². The van der Waals surface area contributed by atoms with Crippen molar-refractivity contribution in [3.8, 4) is 5.82 Å². The average Bonchev–Trinajstić information content (AvgIpc) is 3.36. The Bertz CT molecular complexity index is 2060. The summed E-state index contributed by atoms with van der Waals surface area (Å²) in [6, 6.07) is 16.5. The molecule has 0 bridgehead atoms. The fourth-order valence-electron chi connectivity index (χ4n) is 4.05. The van der Waals surface area contributed by atoms with Crippen LogP contribution in [0.2, 0.25) is 10.0 Å². The van der Waals surface area contributed by atoms with Crippen LogP contribution < -0.4 is 10.0 Å². The molecule has 0 saturated heterocycles. The molecule has 0 unspecified atom stereocenters.